The molecule has 0 bridgehead atoms. The summed E-state index contributed by atoms with van der Waals surface area (Å²) < 4.78 is 5.08. The lowest BCUT2D eigenvalue weighted by atomic mass is 10.1. The van der Waals surface area contributed by atoms with Crippen LogP contribution in [0.1, 0.15) is 57.4 Å². The van der Waals surface area contributed by atoms with E-state index in [0.717, 1.165) is 31.2 Å². The summed E-state index contributed by atoms with van der Waals surface area (Å²) in [6, 6.07) is 5.35. The van der Waals surface area contributed by atoms with Gasteiger partial charge < -0.3 is 9.84 Å². The Balaban J connectivity index is 2.24. The summed E-state index contributed by atoms with van der Waals surface area (Å²) in [5.74, 6) is 0.865. The van der Waals surface area contributed by atoms with Gasteiger partial charge in [0.2, 0.25) is 0 Å². The van der Waals surface area contributed by atoms with E-state index in [1.54, 1.807) is 12.1 Å². The Kier molecular flexibility index (Phi) is 9.04. The van der Waals surface area contributed by atoms with E-state index in [-0.39, 0.29) is 11.5 Å². The van der Waals surface area contributed by atoms with Crippen molar-refractivity contribution in [3.63, 3.8) is 0 Å². The molecule has 122 valence electrons. The first-order valence-corrected chi connectivity index (χ1v) is 8.22. The molecule has 22 heavy (non-hydrogen) atoms. The van der Waals surface area contributed by atoms with Crippen molar-refractivity contribution < 1.29 is 14.6 Å². The number of phenols is 1. The summed E-state index contributed by atoms with van der Waals surface area (Å²) in [6.07, 6.45) is 11.8. The second-order valence-electron chi connectivity index (χ2n) is 5.58. The molecule has 0 radical (unpaired) electrons. The van der Waals surface area contributed by atoms with Gasteiger partial charge in [-0.3, -0.25) is 4.79 Å². The van der Waals surface area contributed by atoms with Crippen molar-refractivity contribution in [3.05, 3.63) is 35.9 Å². The Morgan fingerprint density at radius 2 is 2.00 bits per heavy atom. The standard InChI is InChI=1S/C19H28O3/c1-3-4-5-6-7-11-17(20)12-9-8-10-16-13-14-18(21)19(15-16)22-2/h9,12-15,21H,3-8,10-11H2,1-2H3/b12-9+. The largest absolute Gasteiger partial charge is 0.504 e. The highest BCUT2D eigenvalue weighted by Crippen LogP contribution is 2.26. The average Bonchev–Trinajstić information content (AvgIpc) is 2.52. The van der Waals surface area contributed by atoms with Gasteiger partial charge >= 0.3 is 0 Å². The van der Waals surface area contributed by atoms with Gasteiger partial charge in [0, 0.05) is 6.42 Å². The van der Waals surface area contributed by atoms with Crippen LogP contribution in [0.15, 0.2) is 30.4 Å². The normalized spacial score (nSPS) is 11.0. The molecule has 0 saturated heterocycles. The van der Waals surface area contributed by atoms with Crippen molar-refractivity contribution in [1.29, 1.82) is 0 Å². The number of carbonyl (C=O) groups excluding carboxylic acids is 1. The van der Waals surface area contributed by atoms with Crippen LogP contribution in [0.25, 0.3) is 0 Å². The number of unbranched alkanes of at least 4 members (excludes halogenated alkanes) is 4. The highest BCUT2D eigenvalue weighted by atomic mass is 16.5. The summed E-state index contributed by atoms with van der Waals surface area (Å²) >= 11 is 0. The molecule has 0 spiro atoms. The number of allylic oxidation sites excluding steroid dienone is 2. The fourth-order valence-corrected chi connectivity index (χ4v) is 2.33. The molecule has 1 N–H and O–H groups in total. The molecule has 0 atom stereocenters. The van der Waals surface area contributed by atoms with E-state index in [1.807, 2.05) is 18.2 Å². The monoisotopic (exact) mass is 304 g/mol. The molecule has 0 amide bonds. The Morgan fingerprint density at radius 1 is 1.23 bits per heavy atom. The third-order valence-corrected chi connectivity index (χ3v) is 3.67. The minimum Gasteiger partial charge on any atom is -0.504 e. The number of carbonyl (C=O) groups is 1. The first-order valence-electron chi connectivity index (χ1n) is 8.22. The van der Waals surface area contributed by atoms with Crippen LogP contribution >= 0.6 is 0 Å². The molecule has 0 aliphatic rings. The van der Waals surface area contributed by atoms with Gasteiger partial charge in [0.25, 0.3) is 0 Å². The Bertz CT molecular complexity index is 478. The summed E-state index contributed by atoms with van der Waals surface area (Å²) in [5.41, 5.74) is 1.09. The molecule has 0 heterocycles. The molecule has 1 aromatic rings. The van der Waals surface area contributed by atoms with Gasteiger partial charge in [0.05, 0.1) is 7.11 Å². The Labute approximate surface area is 134 Å². The SMILES string of the molecule is CCCCCCCC(=O)/C=C/CCc1ccc(O)c(OC)c1. The molecule has 1 aromatic carbocycles. The van der Waals surface area contributed by atoms with E-state index in [1.165, 1.54) is 26.4 Å². The molecule has 1 rings (SSSR count). The summed E-state index contributed by atoms with van der Waals surface area (Å²) in [5, 5.41) is 9.53. The number of rotatable bonds is 11. The van der Waals surface area contributed by atoms with E-state index < -0.39 is 0 Å². The van der Waals surface area contributed by atoms with Gasteiger partial charge in [0.1, 0.15) is 0 Å². The maximum absolute atomic E-state index is 11.7. The van der Waals surface area contributed by atoms with Gasteiger partial charge in [0.15, 0.2) is 17.3 Å². The molecule has 0 unspecified atom stereocenters. The minimum atomic E-state index is 0.153. The zero-order valence-corrected chi connectivity index (χ0v) is 13.8. The van der Waals surface area contributed by atoms with Crippen LogP contribution in [0.2, 0.25) is 0 Å². The van der Waals surface area contributed by atoms with Gasteiger partial charge in [-0.2, -0.15) is 0 Å². The van der Waals surface area contributed by atoms with Crippen molar-refractivity contribution in [2.75, 3.05) is 7.11 Å². The van der Waals surface area contributed by atoms with E-state index in [4.69, 9.17) is 4.74 Å². The van der Waals surface area contributed by atoms with Crippen molar-refractivity contribution in [2.24, 2.45) is 0 Å². The predicted octanol–water partition coefficient (Wildman–Crippen LogP) is 4.82. The van der Waals surface area contributed by atoms with Gasteiger partial charge in [-0.25, -0.2) is 0 Å². The fraction of sp³-hybridized carbons (Fsp3) is 0.526. The molecule has 0 aliphatic heterocycles. The maximum Gasteiger partial charge on any atom is 0.160 e. The number of phenolic OH excluding ortho intramolecular Hbond substituents is 1. The van der Waals surface area contributed by atoms with Crippen LogP contribution in [-0.2, 0) is 11.2 Å². The summed E-state index contributed by atoms with van der Waals surface area (Å²) in [6.45, 7) is 2.19. The second kappa shape index (κ2) is 10.9. The number of aromatic hydroxyl groups is 1. The van der Waals surface area contributed by atoms with Crippen molar-refractivity contribution >= 4 is 5.78 Å². The summed E-state index contributed by atoms with van der Waals surface area (Å²) in [7, 11) is 1.54. The van der Waals surface area contributed by atoms with Gasteiger partial charge in [-0.15, -0.1) is 0 Å². The van der Waals surface area contributed by atoms with E-state index in [9.17, 15) is 9.90 Å². The Morgan fingerprint density at radius 3 is 2.73 bits per heavy atom. The number of ketones is 1. The minimum absolute atomic E-state index is 0.153. The molecule has 0 saturated carbocycles. The Hall–Kier alpha value is -1.77. The molecule has 3 heteroatoms. The van der Waals surface area contributed by atoms with Crippen molar-refractivity contribution in [2.45, 2.75) is 58.3 Å². The molecular weight excluding hydrogens is 276 g/mol. The highest BCUT2D eigenvalue weighted by Gasteiger charge is 2.02. The summed E-state index contributed by atoms with van der Waals surface area (Å²) in [4.78, 5) is 11.7. The highest BCUT2D eigenvalue weighted by molar-refractivity contribution is 5.89. The molecule has 0 fully saturated rings. The fourth-order valence-electron chi connectivity index (χ4n) is 2.33. The second-order valence-corrected chi connectivity index (χ2v) is 5.58. The van der Waals surface area contributed by atoms with Crippen LogP contribution in [0.5, 0.6) is 11.5 Å². The van der Waals surface area contributed by atoms with E-state index in [0.29, 0.717) is 12.2 Å². The van der Waals surface area contributed by atoms with Crippen LogP contribution in [0.4, 0.5) is 0 Å². The lowest BCUT2D eigenvalue weighted by Crippen LogP contribution is -1.93. The number of hydrogen-bond donors (Lipinski definition) is 1. The molecule has 0 aromatic heterocycles. The van der Waals surface area contributed by atoms with Crippen molar-refractivity contribution in [3.8, 4) is 11.5 Å². The molecule has 0 aliphatic carbocycles. The zero-order valence-electron chi connectivity index (χ0n) is 13.8. The number of ether oxygens (including phenoxy) is 1. The first kappa shape index (κ1) is 18.3. The van der Waals surface area contributed by atoms with Gasteiger partial charge in [-0.1, -0.05) is 44.7 Å². The van der Waals surface area contributed by atoms with Gasteiger partial charge in [-0.05, 0) is 43.0 Å². The average molecular weight is 304 g/mol. The molecular formula is C19H28O3. The quantitative estimate of drug-likeness (QED) is 0.471. The smallest absolute Gasteiger partial charge is 0.160 e. The van der Waals surface area contributed by atoms with Crippen LogP contribution in [-0.4, -0.2) is 18.0 Å². The molecule has 3 nitrogen and oxygen atoms in total. The van der Waals surface area contributed by atoms with E-state index in [2.05, 4.69) is 6.92 Å². The number of aryl methyl sites for hydroxylation is 1. The number of benzene rings is 1. The third-order valence-electron chi connectivity index (χ3n) is 3.67. The zero-order chi connectivity index (χ0) is 16.2. The predicted molar refractivity (Wildman–Crippen MR) is 90.5 cm³/mol. The van der Waals surface area contributed by atoms with Crippen molar-refractivity contribution in [1.82, 2.24) is 0 Å². The lowest BCUT2D eigenvalue weighted by Gasteiger charge is -2.05. The van der Waals surface area contributed by atoms with Crippen LogP contribution < -0.4 is 4.74 Å². The lowest BCUT2D eigenvalue weighted by molar-refractivity contribution is -0.114. The topological polar surface area (TPSA) is 46.5 Å². The first-order chi connectivity index (χ1) is 10.7. The number of methoxy groups -OCH3 is 1. The number of hydrogen-bond acceptors (Lipinski definition) is 3. The maximum atomic E-state index is 11.7. The van der Waals surface area contributed by atoms with Crippen LogP contribution in [0.3, 0.4) is 0 Å². The van der Waals surface area contributed by atoms with Crippen LogP contribution in [0, 0.1) is 0 Å². The van der Waals surface area contributed by atoms with E-state index >= 15 is 0 Å². The third kappa shape index (κ3) is 7.30.